The van der Waals surface area contributed by atoms with E-state index in [1.165, 1.54) is 0 Å². The topological polar surface area (TPSA) is 265 Å². The van der Waals surface area contributed by atoms with E-state index < -0.39 is 20.3 Å². The van der Waals surface area contributed by atoms with Crippen molar-refractivity contribution in [2.24, 2.45) is 0 Å². The van der Waals surface area contributed by atoms with Gasteiger partial charge in [0.25, 0.3) is 0 Å². The van der Waals surface area contributed by atoms with E-state index >= 15 is 0 Å². The van der Waals surface area contributed by atoms with Crippen LogP contribution in [-0.4, -0.2) is 20.3 Å². The van der Waals surface area contributed by atoms with Crippen LogP contribution in [0.25, 0.3) is 0 Å². The molecule has 0 bridgehead atoms. The fraction of sp³-hybridized carbons (Fsp3) is 0. The number of nitrogens with zero attached hydrogens (tertiary/aromatic N) is 4. The molecule has 0 aliphatic rings. The fourth-order valence-corrected chi connectivity index (χ4v) is 0. The summed E-state index contributed by atoms with van der Waals surface area (Å²) in [7, 11) is 0. The molecule has 0 spiro atoms. The standard InChI is InChI=1S/Cu.4NO3.Ni/c;4*2-1(3)4;/q+2;4*-1;+2. The Labute approximate surface area is 116 Å². The van der Waals surface area contributed by atoms with Gasteiger partial charge >= 0.3 is 33.6 Å². The van der Waals surface area contributed by atoms with Crippen LogP contribution in [0.15, 0.2) is 0 Å². The molecule has 0 unspecified atom stereocenters. The molecule has 0 aliphatic carbocycles. The summed E-state index contributed by atoms with van der Waals surface area (Å²) in [6, 6.07) is 0. The van der Waals surface area contributed by atoms with Crippen LogP contribution in [0.1, 0.15) is 0 Å². The summed E-state index contributed by atoms with van der Waals surface area (Å²) in [5.74, 6) is 0. The summed E-state index contributed by atoms with van der Waals surface area (Å²) in [4.78, 5) is 33.0. The second-order valence-corrected chi connectivity index (χ2v) is 0.894. The van der Waals surface area contributed by atoms with Crippen molar-refractivity contribution in [3.63, 3.8) is 0 Å². The van der Waals surface area contributed by atoms with Gasteiger partial charge in [0.1, 0.15) is 0 Å². The summed E-state index contributed by atoms with van der Waals surface area (Å²) in [6.45, 7) is 0. The molecule has 18 heteroatoms. The predicted molar refractivity (Wildman–Crippen MR) is 41.4 cm³/mol. The van der Waals surface area contributed by atoms with Crippen molar-refractivity contribution in [2.45, 2.75) is 0 Å². The second-order valence-electron chi connectivity index (χ2n) is 0.894. The van der Waals surface area contributed by atoms with Crippen LogP contribution in [0, 0.1) is 61.3 Å². The van der Waals surface area contributed by atoms with Crippen LogP contribution in [0.3, 0.4) is 0 Å². The maximum atomic E-state index is 8.25. The van der Waals surface area contributed by atoms with Crippen LogP contribution < -0.4 is 0 Å². The average Bonchev–Trinajstić information content (AvgIpc) is 1.76. The van der Waals surface area contributed by atoms with E-state index in [2.05, 4.69) is 0 Å². The third kappa shape index (κ3) is 474. The van der Waals surface area contributed by atoms with Crippen LogP contribution >= 0.6 is 0 Å². The van der Waals surface area contributed by atoms with Crippen molar-refractivity contribution < 1.29 is 53.9 Å². The molecule has 1 radical (unpaired) electrons. The molecule has 0 aromatic heterocycles. The molecule has 18 heavy (non-hydrogen) atoms. The minimum Gasteiger partial charge on any atom is -0.356 e. The molecule has 0 atom stereocenters. The van der Waals surface area contributed by atoms with Crippen molar-refractivity contribution >= 4 is 0 Å². The van der Waals surface area contributed by atoms with Crippen molar-refractivity contribution in [1.29, 1.82) is 0 Å². The summed E-state index contributed by atoms with van der Waals surface area (Å²) >= 11 is 0. The molecule has 0 fully saturated rings. The Kier molecular flexibility index (Phi) is 58.8. The van der Waals surface area contributed by atoms with Gasteiger partial charge in [-0.25, -0.2) is 0 Å². The zero-order chi connectivity index (χ0) is 14.3. The van der Waals surface area contributed by atoms with Crippen LogP contribution in [0.2, 0.25) is 0 Å². The van der Waals surface area contributed by atoms with E-state index in [1.807, 2.05) is 0 Å². The first-order chi connectivity index (χ1) is 6.93. The Morgan fingerprint density at radius 3 is 0.444 bits per heavy atom. The van der Waals surface area contributed by atoms with E-state index in [0.29, 0.717) is 0 Å². The number of hydrogen-bond donors (Lipinski definition) is 0. The van der Waals surface area contributed by atoms with E-state index in [0.717, 1.165) is 0 Å². The van der Waals surface area contributed by atoms with Gasteiger partial charge < -0.3 is 61.3 Å². The first kappa shape index (κ1) is 36.0. The third-order valence-electron chi connectivity index (χ3n) is 0. The van der Waals surface area contributed by atoms with Crippen molar-refractivity contribution in [1.82, 2.24) is 0 Å². The third-order valence-corrected chi connectivity index (χ3v) is 0. The maximum Gasteiger partial charge on any atom is 2.00 e. The van der Waals surface area contributed by atoms with Gasteiger partial charge in [-0.1, -0.05) is 0 Å². The van der Waals surface area contributed by atoms with Gasteiger partial charge in [-0.3, -0.25) is 0 Å². The molecule has 0 rings (SSSR count). The largest absolute Gasteiger partial charge is 2.00 e. The van der Waals surface area contributed by atoms with Gasteiger partial charge in [0, 0.05) is 0 Å². The van der Waals surface area contributed by atoms with Crippen molar-refractivity contribution in [2.75, 3.05) is 0 Å². The average molecular weight is 370 g/mol. The minimum atomic E-state index is -1.75. The van der Waals surface area contributed by atoms with Crippen LogP contribution in [0.4, 0.5) is 0 Å². The molecule has 0 aromatic rings. The van der Waals surface area contributed by atoms with Gasteiger partial charge in [0.15, 0.2) is 0 Å². The van der Waals surface area contributed by atoms with Gasteiger partial charge in [-0.15, -0.1) is 0 Å². The Morgan fingerprint density at radius 1 is 0.444 bits per heavy atom. The van der Waals surface area contributed by atoms with Gasteiger partial charge in [0.05, 0.1) is 20.3 Å². The second kappa shape index (κ2) is 29.4. The van der Waals surface area contributed by atoms with Gasteiger partial charge in [-0.05, 0) is 0 Å². The Hall–Kier alpha value is -2.19. The van der Waals surface area contributed by atoms with E-state index in [-0.39, 0.29) is 33.6 Å². The minimum absolute atomic E-state index is 0. The fourth-order valence-electron chi connectivity index (χ4n) is 0. The summed E-state index contributed by atoms with van der Waals surface area (Å²) in [5.41, 5.74) is 0. The molecule has 0 N–H and O–H groups in total. The molecule has 0 aliphatic heterocycles. The molecule has 0 saturated heterocycles. The maximum absolute atomic E-state index is 8.25. The molecule has 0 saturated carbocycles. The Bertz CT molecular complexity index is 164. The quantitative estimate of drug-likeness (QED) is 0.283. The van der Waals surface area contributed by atoms with Crippen LogP contribution in [-0.2, 0) is 33.6 Å². The van der Waals surface area contributed by atoms with Gasteiger partial charge in [0.2, 0.25) is 0 Å². The van der Waals surface area contributed by atoms with Crippen LogP contribution in [0.5, 0.6) is 0 Å². The predicted octanol–water partition coefficient (Wildman–Crippen LogP) is -0.961. The summed E-state index contributed by atoms with van der Waals surface area (Å²) in [5, 5.41) is 59.0. The zero-order valence-corrected chi connectivity index (χ0v) is 9.23. The van der Waals surface area contributed by atoms with Gasteiger partial charge in [-0.2, -0.15) is 0 Å². The van der Waals surface area contributed by atoms with Crippen molar-refractivity contribution in [3.8, 4) is 0 Å². The van der Waals surface area contributed by atoms with E-state index in [4.69, 9.17) is 61.3 Å². The number of hydrogen-bond acceptors (Lipinski definition) is 12. The SMILES string of the molecule is O=[N+]([O-])[O-].O=[N+]([O-])[O-].O=[N+]([O-])[O-].O=[N+]([O-])[O-].[Cu+2].[Ni+2]. The zero-order valence-electron chi connectivity index (χ0n) is 7.31. The summed E-state index contributed by atoms with van der Waals surface area (Å²) < 4.78 is 0. The molecular formula is CuN4NiO12. The smallest absolute Gasteiger partial charge is 0.356 e. The van der Waals surface area contributed by atoms with E-state index in [9.17, 15) is 0 Å². The molecule has 16 nitrogen and oxygen atoms in total. The molecule has 0 heterocycles. The first-order valence-electron chi connectivity index (χ1n) is 2.19. The molecular weight excluding hydrogens is 370 g/mol. The Balaban J connectivity index is -0.0000000257. The monoisotopic (exact) mass is 369 g/mol. The first-order valence-corrected chi connectivity index (χ1v) is 2.19. The number of rotatable bonds is 0. The normalized spacial score (nSPS) is 5.33. The Morgan fingerprint density at radius 2 is 0.444 bits per heavy atom. The molecule has 0 aromatic carbocycles. The van der Waals surface area contributed by atoms with E-state index in [1.54, 1.807) is 0 Å². The molecule has 113 valence electrons. The van der Waals surface area contributed by atoms with Crippen molar-refractivity contribution in [3.05, 3.63) is 61.3 Å². The molecule has 0 amide bonds. The summed E-state index contributed by atoms with van der Waals surface area (Å²) in [6.07, 6.45) is 0.